The lowest BCUT2D eigenvalue weighted by Gasteiger charge is -2.09. The first-order chi connectivity index (χ1) is 9.09. The van der Waals surface area contributed by atoms with Crippen LogP contribution in [-0.4, -0.2) is 5.78 Å². The average molecular weight is 356 g/mol. The van der Waals surface area contributed by atoms with Gasteiger partial charge in [0.1, 0.15) is 0 Å². The zero-order chi connectivity index (χ0) is 13.6. The van der Waals surface area contributed by atoms with E-state index in [0.717, 1.165) is 34.0 Å². The van der Waals surface area contributed by atoms with Crippen molar-refractivity contribution in [1.82, 2.24) is 0 Å². The molecule has 0 bridgehead atoms. The quantitative estimate of drug-likeness (QED) is 0.643. The normalized spacial score (nSPS) is 13.7. The summed E-state index contributed by atoms with van der Waals surface area (Å²) in [5.74, 6) is 0.00791. The molecule has 0 fully saturated rings. The Kier molecular flexibility index (Phi) is 3.42. The summed E-state index contributed by atoms with van der Waals surface area (Å²) < 4.78 is 0.828. The van der Waals surface area contributed by atoms with Crippen LogP contribution in [0.1, 0.15) is 27.0 Å². The first kappa shape index (κ1) is 13.2. The van der Waals surface area contributed by atoms with E-state index in [9.17, 15) is 4.79 Å². The summed E-state index contributed by atoms with van der Waals surface area (Å²) in [6, 6.07) is 9.27. The first-order valence-corrected chi connectivity index (χ1v) is 7.43. The van der Waals surface area contributed by atoms with Crippen LogP contribution in [0.5, 0.6) is 0 Å². The van der Waals surface area contributed by atoms with Crippen molar-refractivity contribution in [3.63, 3.8) is 0 Å². The summed E-state index contributed by atoms with van der Waals surface area (Å²) in [7, 11) is 0. The van der Waals surface area contributed by atoms with Gasteiger partial charge in [-0.1, -0.05) is 51.3 Å². The van der Waals surface area contributed by atoms with Crippen LogP contribution in [0.2, 0.25) is 10.0 Å². The smallest absolute Gasteiger partial charge is 0.194 e. The van der Waals surface area contributed by atoms with Crippen LogP contribution in [0.4, 0.5) is 0 Å². The van der Waals surface area contributed by atoms with Gasteiger partial charge in [-0.05, 0) is 42.2 Å². The molecule has 19 heavy (non-hydrogen) atoms. The summed E-state index contributed by atoms with van der Waals surface area (Å²) in [5, 5.41) is 0.995. The molecular formula is C15H9BrCl2O. The highest BCUT2D eigenvalue weighted by atomic mass is 79.9. The first-order valence-electron chi connectivity index (χ1n) is 5.88. The van der Waals surface area contributed by atoms with Crippen molar-refractivity contribution in [2.75, 3.05) is 0 Å². The highest BCUT2D eigenvalue weighted by Gasteiger charge is 2.25. The van der Waals surface area contributed by atoms with Crippen molar-refractivity contribution in [3.8, 4) is 0 Å². The summed E-state index contributed by atoms with van der Waals surface area (Å²) in [6.45, 7) is 0. The summed E-state index contributed by atoms with van der Waals surface area (Å²) in [5.41, 5.74) is 3.28. The molecule has 0 aromatic heterocycles. The van der Waals surface area contributed by atoms with Crippen molar-refractivity contribution in [2.24, 2.45) is 0 Å². The summed E-state index contributed by atoms with van der Waals surface area (Å²) >= 11 is 15.7. The molecule has 1 nitrogen and oxygen atoms in total. The third-order valence-corrected chi connectivity index (χ3v) is 4.92. The molecule has 0 saturated carbocycles. The fourth-order valence-electron chi connectivity index (χ4n) is 2.48. The minimum atomic E-state index is 0.00791. The molecule has 0 spiro atoms. The topological polar surface area (TPSA) is 17.1 Å². The summed E-state index contributed by atoms with van der Waals surface area (Å²) in [6.07, 6.45) is 1.51. The molecular weight excluding hydrogens is 347 g/mol. The standard InChI is InChI=1S/C15H9BrCl2O/c16-11-3-1-2-8-4-5-9-10(15(19)13(8)11)6-7-12(17)14(9)18/h1-3,6-7H,4-5H2. The van der Waals surface area contributed by atoms with Crippen molar-refractivity contribution < 1.29 is 4.79 Å². The highest BCUT2D eigenvalue weighted by Crippen LogP contribution is 2.35. The second kappa shape index (κ2) is 4.93. The van der Waals surface area contributed by atoms with Crippen LogP contribution in [0.15, 0.2) is 34.8 Å². The minimum absolute atomic E-state index is 0.00791. The third kappa shape index (κ3) is 2.12. The molecule has 2 aromatic rings. The van der Waals surface area contributed by atoms with Crippen molar-refractivity contribution in [3.05, 3.63) is 67.1 Å². The van der Waals surface area contributed by atoms with Gasteiger partial charge in [0.25, 0.3) is 0 Å². The Morgan fingerprint density at radius 2 is 1.84 bits per heavy atom. The number of aryl methyl sites for hydroxylation is 1. The van der Waals surface area contributed by atoms with Gasteiger partial charge in [-0.15, -0.1) is 0 Å². The Hall–Kier alpha value is -0.830. The van der Waals surface area contributed by atoms with Crippen LogP contribution in [0.3, 0.4) is 0 Å². The van der Waals surface area contributed by atoms with Gasteiger partial charge in [0.05, 0.1) is 10.0 Å². The minimum Gasteiger partial charge on any atom is -0.289 e. The third-order valence-electron chi connectivity index (χ3n) is 3.41. The Labute approximate surface area is 129 Å². The van der Waals surface area contributed by atoms with E-state index >= 15 is 0 Å². The largest absolute Gasteiger partial charge is 0.289 e. The molecule has 0 heterocycles. The van der Waals surface area contributed by atoms with E-state index in [-0.39, 0.29) is 5.78 Å². The maximum Gasteiger partial charge on any atom is 0.194 e. The number of hydrogen-bond acceptors (Lipinski definition) is 1. The van der Waals surface area contributed by atoms with E-state index in [4.69, 9.17) is 23.2 Å². The number of benzene rings is 2. The molecule has 0 saturated heterocycles. The molecule has 0 amide bonds. The van der Waals surface area contributed by atoms with Gasteiger partial charge in [0.2, 0.25) is 0 Å². The molecule has 0 unspecified atom stereocenters. The maximum atomic E-state index is 12.7. The van der Waals surface area contributed by atoms with Crippen LogP contribution in [-0.2, 0) is 12.8 Å². The number of halogens is 3. The molecule has 2 aromatic carbocycles. The van der Waals surface area contributed by atoms with E-state index in [1.807, 2.05) is 18.2 Å². The van der Waals surface area contributed by atoms with Crippen LogP contribution >= 0.6 is 39.1 Å². The van der Waals surface area contributed by atoms with Crippen LogP contribution < -0.4 is 0 Å². The van der Waals surface area contributed by atoms with Gasteiger partial charge in [0.15, 0.2) is 5.78 Å². The number of ketones is 1. The SMILES string of the molecule is O=C1c2ccc(Cl)c(Cl)c2CCc2cccc(Br)c21. The van der Waals surface area contributed by atoms with Gasteiger partial charge in [0, 0.05) is 15.6 Å². The van der Waals surface area contributed by atoms with Gasteiger partial charge in [-0.2, -0.15) is 0 Å². The lowest BCUT2D eigenvalue weighted by atomic mass is 9.99. The van der Waals surface area contributed by atoms with Gasteiger partial charge >= 0.3 is 0 Å². The Balaban J connectivity index is 2.27. The van der Waals surface area contributed by atoms with E-state index in [0.29, 0.717) is 15.6 Å². The number of carbonyl (C=O) groups is 1. The predicted molar refractivity (Wildman–Crippen MR) is 81.4 cm³/mol. The molecule has 4 heteroatoms. The average Bonchev–Trinajstić information content (AvgIpc) is 2.53. The molecule has 0 atom stereocenters. The number of hydrogen-bond donors (Lipinski definition) is 0. The molecule has 0 aliphatic heterocycles. The predicted octanol–water partition coefficient (Wildman–Crippen LogP) is 5.09. The Morgan fingerprint density at radius 3 is 2.63 bits per heavy atom. The Bertz CT molecular complexity index is 695. The van der Waals surface area contributed by atoms with Gasteiger partial charge in [-0.3, -0.25) is 4.79 Å². The highest BCUT2D eigenvalue weighted by molar-refractivity contribution is 9.10. The molecule has 3 rings (SSSR count). The maximum absolute atomic E-state index is 12.7. The number of fused-ring (bicyclic) bond motifs is 2. The van der Waals surface area contributed by atoms with Gasteiger partial charge in [-0.25, -0.2) is 0 Å². The fourth-order valence-corrected chi connectivity index (χ4v) is 3.50. The monoisotopic (exact) mass is 354 g/mol. The molecule has 1 aliphatic carbocycles. The summed E-state index contributed by atoms with van der Waals surface area (Å²) in [4.78, 5) is 12.7. The Morgan fingerprint density at radius 1 is 1.05 bits per heavy atom. The van der Waals surface area contributed by atoms with E-state index < -0.39 is 0 Å². The number of rotatable bonds is 0. The number of carbonyl (C=O) groups excluding carboxylic acids is 1. The molecule has 0 radical (unpaired) electrons. The second-order valence-electron chi connectivity index (χ2n) is 4.49. The van der Waals surface area contributed by atoms with E-state index in [1.54, 1.807) is 12.1 Å². The van der Waals surface area contributed by atoms with Crippen LogP contribution in [0.25, 0.3) is 0 Å². The second-order valence-corrected chi connectivity index (χ2v) is 6.13. The van der Waals surface area contributed by atoms with Crippen molar-refractivity contribution in [2.45, 2.75) is 12.8 Å². The van der Waals surface area contributed by atoms with Crippen molar-refractivity contribution >= 4 is 44.9 Å². The zero-order valence-corrected chi connectivity index (χ0v) is 12.9. The lowest BCUT2D eigenvalue weighted by molar-refractivity contribution is 0.103. The van der Waals surface area contributed by atoms with E-state index in [2.05, 4.69) is 15.9 Å². The molecule has 0 N–H and O–H groups in total. The lowest BCUT2D eigenvalue weighted by Crippen LogP contribution is -2.05. The van der Waals surface area contributed by atoms with Crippen molar-refractivity contribution in [1.29, 1.82) is 0 Å². The molecule has 96 valence electrons. The van der Waals surface area contributed by atoms with Gasteiger partial charge < -0.3 is 0 Å². The van der Waals surface area contributed by atoms with Crippen LogP contribution in [0, 0.1) is 0 Å². The molecule has 1 aliphatic rings. The zero-order valence-electron chi connectivity index (χ0n) is 9.84. The fraction of sp³-hybridized carbons (Fsp3) is 0.133. The van der Waals surface area contributed by atoms with E-state index in [1.165, 1.54) is 0 Å².